The van der Waals surface area contributed by atoms with Crippen molar-refractivity contribution in [2.75, 3.05) is 19.5 Å². The highest BCUT2D eigenvalue weighted by atomic mass is 32.2. The molecule has 1 aromatic heterocycles. The monoisotopic (exact) mass is 294 g/mol. The number of hydrogen-bond acceptors (Lipinski definition) is 5. The van der Waals surface area contributed by atoms with Gasteiger partial charge in [0.15, 0.2) is 16.7 Å². The number of carbonyl (C=O) groups is 1. The molecule has 0 radical (unpaired) electrons. The molecule has 0 amide bonds. The molecule has 1 aromatic carbocycles. The van der Waals surface area contributed by atoms with Crippen molar-refractivity contribution in [1.29, 1.82) is 0 Å². The Morgan fingerprint density at radius 3 is 2.35 bits per heavy atom. The number of benzene rings is 1. The van der Waals surface area contributed by atoms with E-state index in [0.717, 1.165) is 11.0 Å². The summed E-state index contributed by atoms with van der Waals surface area (Å²) in [5, 5.41) is 0.670. The van der Waals surface area contributed by atoms with E-state index in [9.17, 15) is 4.79 Å². The second-order valence-corrected chi connectivity index (χ2v) is 4.88. The van der Waals surface area contributed by atoms with Crippen molar-refractivity contribution in [1.82, 2.24) is 9.55 Å². The zero-order valence-corrected chi connectivity index (χ0v) is 12.9. The van der Waals surface area contributed by atoms with Crippen LogP contribution >= 0.6 is 11.8 Å². The standard InChI is InChI=1S/C14H18N2O3S/c1-5-18-12-7-10-11(8-13(12)19-6-2)16(9(3)17)14(15-10)20-4/h7-8H,5-6H2,1-4H3. The average molecular weight is 294 g/mol. The summed E-state index contributed by atoms with van der Waals surface area (Å²) < 4.78 is 12.8. The molecule has 0 aliphatic rings. The Hall–Kier alpha value is -1.69. The second-order valence-electron chi connectivity index (χ2n) is 4.11. The van der Waals surface area contributed by atoms with Crippen molar-refractivity contribution in [2.45, 2.75) is 25.9 Å². The van der Waals surface area contributed by atoms with E-state index in [-0.39, 0.29) is 5.91 Å². The SMILES string of the molecule is CCOc1cc2nc(SC)n(C(C)=O)c2cc1OCC. The van der Waals surface area contributed by atoms with Crippen LogP contribution in [0.2, 0.25) is 0 Å². The maximum absolute atomic E-state index is 11.8. The first-order valence-corrected chi connectivity index (χ1v) is 7.71. The quantitative estimate of drug-likeness (QED) is 0.793. The highest BCUT2D eigenvalue weighted by Gasteiger charge is 2.17. The molecule has 5 nitrogen and oxygen atoms in total. The third kappa shape index (κ3) is 2.60. The lowest BCUT2D eigenvalue weighted by molar-refractivity contribution is 0.0931. The van der Waals surface area contributed by atoms with Crippen LogP contribution in [0.25, 0.3) is 11.0 Å². The van der Waals surface area contributed by atoms with Gasteiger partial charge in [0.1, 0.15) is 0 Å². The molecule has 6 heteroatoms. The van der Waals surface area contributed by atoms with Crippen molar-refractivity contribution in [3.8, 4) is 11.5 Å². The van der Waals surface area contributed by atoms with Gasteiger partial charge in [-0.2, -0.15) is 0 Å². The molecule has 20 heavy (non-hydrogen) atoms. The van der Waals surface area contributed by atoms with Crippen LogP contribution < -0.4 is 9.47 Å². The Morgan fingerprint density at radius 2 is 1.85 bits per heavy atom. The number of rotatable bonds is 5. The van der Waals surface area contributed by atoms with Gasteiger partial charge in [0, 0.05) is 19.1 Å². The lowest BCUT2D eigenvalue weighted by atomic mass is 10.2. The zero-order chi connectivity index (χ0) is 14.7. The van der Waals surface area contributed by atoms with Gasteiger partial charge < -0.3 is 9.47 Å². The molecular formula is C14H18N2O3S. The summed E-state index contributed by atoms with van der Waals surface area (Å²) in [6.07, 6.45) is 1.90. The van der Waals surface area contributed by atoms with E-state index in [4.69, 9.17) is 9.47 Å². The highest BCUT2D eigenvalue weighted by Crippen LogP contribution is 2.34. The van der Waals surface area contributed by atoms with Gasteiger partial charge >= 0.3 is 0 Å². The van der Waals surface area contributed by atoms with Crippen molar-refractivity contribution in [2.24, 2.45) is 0 Å². The van der Waals surface area contributed by atoms with Crippen molar-refractivity contribution in [3.63, 3.8) is 0 Å². The summed E-state index contributed by atoms with van der Waals surface area (Å²) in [4.78, 5) is 16.3. The summed E-state index contributed by atoms with van der Waals surface area (Å²) in [5.41, 5.74) is 1.48. The van der Waals surface area contributed by atoms with Crippen LogP contribution in [0.5, 0.6) is 11.5 Å². The molecule has 2 rings (SSSR count). The Labute approximate surface area is 122 Å². The van der Waals surface area contributed by atoms with E-state index in [0.29, 0.717) is 29.9 Å². The van der Waals surface area contributed by atoms with E-state index in [1.165, 1.54) is 18.7 Å². The molecule has 1 heterocycles. The normalized spacial score (nSPS) is 10.8. The number of fused-ring (bicyclic) bond motifs is 1. The number of aromatic nitrogens is 2. The Bertz CT molecular complexity index is 637. The summed E-state index contributed by atoms with van der Waals surface area (Å²) >= 11 is 1.44. The van der Waals surface area contributed by atoms with Gasteiger partial charge in [-0.25, -0.2) is 4.98 Å². The number of nitrogens with zero attached hydrogens (tertiary/aromatic N) is 2. The van der Waals surface area contributed by atoms with Crippen LogP contribution in [-0.4, -0.2) is 34.9 Å². The van der Waals surface area contributed by atoms with Crippen LogP contribution in [0.3, 0.4) is 0 Å². The minimum atomic E-state index is -0.0662. The maximum Gasteiger partial charge on any atom is 0.230 e. The van der Waals surface area contributed by atoms with E-state index in [2.05, 4.69) is 4.98 Å². The molecular weight excluding hydrogens is 276 g/mol. The fraction of sp³-hybridized carbons (Fsp3) is 0.429. The number of carbonyl (C=O) groups excluding carboxylic acids is 1. The summed E-state index contributed by atoms with van der Waals surface area (Å²) in [7, 11) is 0. The lowest BCUT2D eigenvalue weighted by Crippen LogP contribution is -2.07. The lowest BCUT2D eigenvalue weighted by Gasteiger charge is -2.11. The molecule has 108 valence electrons. The fourth-order valence-corrected chi connectivity index (χ4v) is 2.64. The first kappa shape index (κ1) is 14.7. The number of thioether (sulfide) groups is 1. The summed E-state index contributed by atoms with van der Waals surface area (Å²) in [6, 6.07) is 3.64. The Kier molecular flexibility index (Phi) is 4.54. The van der Waals surface area contributed by atoms with Crippen LogP contribution in [0.1, 0.15) is 25.6 Å². The van der Waals surface area contributed by atoms with E-state index < -0.39 is 0 Å². The van der Waals surface area contributed by atoms with Gasteiger partial charge in [-0.15, -0.1) is 0 Å². The predicted octanol–water partition coefficient (Wildman–Crippen LogP) is 3.22. The third-order valence-corrected chi connectivity index (χ3v) is 3.43. The smallest absolute Gasteiger partial charge is 0.230 e. The van der Waals surface area contributed by atoms with Crippen molar-refractivity contribution >= 4 is 28.7 Å². The third-order valence-electron chi connectivity index (χ3n) is 2.79. The molecule has 0 atom stereocenters. The molecule has 2 aromatic rings. The summed E-state index contributed by atoms with van der Waals surface area (Å²) in [6.45, 7) is 6.44. The van der Waals surface area contributed by atoms with Gasteiger partial charge in [-0.05, 0) is 20.1 Å². The molecule has 0 unspecified atom stereocenters. The fourth-order valence-electron chi connectivity index (χ4n) is 2.04. The molecule has 0 N–H and O–H groups in total. The number of hydrogen-bond donors (Lipinski definition) is 0. The molecule has 0 saturated heterocycles. The number of imidazole rings is 1. The summed E-state index contributed by atoms with van der Waals surface area (Å²) in [5.74, 6) is 1.23. The largest absolute Gasteiger partial charge is 0.490 e. The van der Waals surface area contributed by atoms with Gasteiger partial charge in [0.25, 0.3) is 0 Å². The van der Waals surface area contributed by atoms with Gasteiger partial charge in [-0.1, -0.05) is 11.8 Å². The minimum Gasteiger partial charge on any atom is -0.490 e. The Morgan fingerprint density at radius 1 is 1.25 bits per heavy atom. The topological polar surface area (TPSA) is 53.4 Å². The van der Waals surface area contributed by atoms with Gasteiger partial charge in [-0.3, -0.25) is 9.36 Å². The molecule has 0 aliphatic heterocycles. The van der Waals surface area contributed by atoms with E-state index in [1.807, 2.05) is 32.2 Å². The molecule has 0 spiro atoms. The predicted molar refractivity (Wildman–Crippen MR) is 80.2 cm³/mol. The van der Waals surface area contributed by atoms with Crippen LogP contribution in [-0.2, 0) is 0 Å². The van der Waals surface area contributed by atoms with Crippen LogP contribution in [0.15, 0.2) is 17.3 Å². The van der Waals surface area contributed by atoms with Crippen molar-refractivity contribution in [3.05, 3.63) is 12.1 Å². The van der Waals surface area contributed by atoms with Crippen LogP contribution in [0, 0.1) is 0 Å². The average Bonchev–Trinajstić information content (AvgIpc) is 2.77. The minimum absolute atomic E-state index is 0.0662. The van der Waals surface area contributed by atoms with Gasteiger partial charge in [0.2, 0.25) is 5.91 Å². The van der Waals surface area contributed by atoms with Crippen LogP contribution in [0.4, 0.5) is 0 Å². The zero-order valence-electron chi connectivity index (χ0n) is 12.1. The maximum atomic E-state index is 11.8. The molecule has 0 fully saturated rings. The van der Waals surface area contributed by atoms with Gasteiger partial charge in [0.05, 0.1) is 24.2 Å². The van der Waals surface area contributed by atoms with Crippen molar-refractivity contribution < 1.29 is 14.3 Å². The molecule has 0 aliphatic carbocycles. The second kappa shape index (κ2) is 6.17. The van der Waals surface area contributed by atoms with E-state index in [1.54, 1.807) is 4.57 Å². The first-order chi connectivity index (χ1) is 9.62. The highest BCUT2D eigenvalue weighted by molar-refractivity contribution is 7.98. The number of ether oxygens (including phenoxy) is 2. The Balaban J connectivity index is 2.68. The van der Waals surface area contributed by atoms with E-state index >= 15 is 0 Å². The molecule has 0 bridgehead atoms. The molecule has 0 saturated carbocycles. The first-order valence-electron chi connectivity index (χ1n) is 6.49.